The number of aryl methyl sites for hydroxylation is 1. The minimum atomic E-state index is -4.26. The van der Waals surface area contributed by atoms with Crippen molar-refractivity contribution in [1.29, 1.82) is 0 Å². The first kappa shape index (κ1) is 31.3. The van der Waals surface area contributed by atoms with E-state index >= 15 is 0 Å². The van der Waals surface area contributed by atoms with Gasteiger partial charge in [0, 0.05) is 24.7 Å². The highest BCUT2D eigenvalue weighted by Crippen LogP contribution is 2.27. The smallest absolute Gasteiger partial charge is 0.269 e. The van der Waals surface area contributed by atoms with Crippen molar-refractivity contribution in [3.63, 3.8) is 0 Å². The summed E-state index contributed by atoms with van der Waals surface area (Å²) in [5, 5.41) is 14.2. The van der Waals surface area contributed by atoms with Crippen molar-refractivity contribution in [3.8, 4) is 0 Å². The third-order valence-corrected chi connectivity index (χ3v) is 8.74. The second-order valence-electron chi connectivity index (χ2n) is 9.79. The van der Waals surface area contributed by atoms with Gasteiger partial charge in [0.1, 0.15) is 12.6 Å². The molecule has 0 radical (unpaired) electrons. The van der Waals surface area contributed by atoms with Gasteiger partial charge in [0.2, 0.25) is 11.8 Å². The van der Waals surface area contributed by atoms with Gasteiger partial charge in [-0.25, -0.2) is 8.42 Å². The Kier molecular flexibility index (Phi) is 10.6. The van der Waals surface area contributed by atoms with E-state index in [-0.39, 0.29) is 34.8 Å². The molecule has 218 valence electrons. The summed E-state index contributed by atoms with van der Waals surface area (Å²) in [4.78, 5) is 39.4. The van der Waals surface area contributed by atoms with Crippen LogP contribution in [-0.2, 0) is 26.2 Å². The highest BCUT2D eigenvalue weighted by Gasteiger charge is 2.34. The molecule has 10 nitrogen and oxygen atoms in total. The lowest BCUT2D eigenvalue weighted by molar-refractivity contribution is -0.384. The lowest BCUT2D eigenvalue weighted by atomic mass is 10.1. The summed E-state index contributed by atoms with van der Waals surface area (Å²) in [6, 6.07) is 19.1. The molecule has 0 fully saturated rings. The van der Waals surface area contributed by atoms with Gasteiger partial charge in [0.15, 0.2) is 0 Å². The van der Waals surface area contributed by atoms with Crippen LogP contribution in [0.2, 0.25) is 0 Å². The number of carbonyl (C=O) groups excluding carboxylic acids is 2. The van der Waals surface area contributed by atoms with Gasteiger partial charge in [-0.3, -0.25) is 24.0 Å². The Morgan fingerprint density at radius 3 is 2.10 bits per heavy atom. The van der Waals surface area contributed by atoms with Gasteiger partial charge in [-0.1, -0.05) is 56.3 Å². The average molecular weight is 581 g/mol. The topological polar surface area (TPSA) is 130 Å². The van der Waals surface area contributed by atoms with Gasteiger partial charge in [0.05, 0.1) is 15.5 Å². The van der Waals surface area contributed by atoms with Crippen LogP contribution in [0.1, 0.15) is 44.7 Å². The summed E-state index contributed by atoms with van der Waals surface area (Å²) >= 11 is 0. The van der Waals surface area contributed by atoms with Crippen molar-refractivity contribution < 1.29 is 22.9 Å². The second kappa shape index (κ2) is 13.9. The number of nitro groups is 1. The Labute approximate surface area is 241 Å². The zero-order chi connectivity index (χ0) is 30.2. The molecular weight excluding hydrogens is 544 g/mol. The van der Waals surface area contributed by atoms with Crippen LogP contribution in [0.4, 0.5) is 11.4 Å². The van der Waals surface area contributed by atoms with Gasteiger partial charge in [-0.05, 0) is 62.1 Å². The summed E-state index contributed by atoms with van der Waals surface area (Å²) in [5.41, 5.74) is 1.61. The van der Waals surface area contributed by atoms with Crippen LogP contribution in [0.15, 0.2) is 83.8 Å². The molecule has 3 rings (SSSR count). The number of carbonyl (C=O) groups is 2. The van der Waals surface area contributed by atoms with Crippen LogP contribution in [0, 0.1) is 17.0 Å². The average Bonchev–Trinajstić information content (AvgIpc) is 2.97. The molecule has 0 aliphatic rings. The van der Waals surface area contributed by atoms with Crippen molar-refractivity contribution in [2.75, 3.05) is 10.8 Å². The SMILES string of the molecule is CC[C@H](C)NC(=O)[C@H](CC)N(Cc1ccccc1C)C(=O)CN(c1ccc([N+](=O)[O-])cc1)S(=O)(=O)c1ccccc1. The molecule has 0 spiro atoms. The Balaban J connectivity index is 2.08. The molecule has 0 aliphatic carbocycles. The molecule has 0 aliphatic heterocycles. The molecule has 3 aromatic rings. The fraction of sp³-hybridized carbons (Fsp3) is 0.333. The zero-order valence-electron chi connectivity index (χ0n) is 23.7. The van der Waals surface area contributed by atoms with E-state index in [1.807, 2.05) is 45.0 Å². The summed E-state index contributed by atoms with van der Waals surface area (Å²) < 4.78 is 28.6. The number of nitro benzene ring substituents is 1. The van der Waals surface area contributed by atoms with Crippen molar-refractivity contribution >= 4 is 33.2 Å². The molecule has 11 heteroatoms. The van der Waals surface area contributed by atoms with E-state index < -0.39 is 33.4 Å². The lowest BCUT2D eigenvalue weighted by Crippen LogP contribution is -2.53. The van der Waals surface area contributed by atoms with E-state index in [1.54, 1.807) is 25.1 Å². The van der Waals surface area contributed by atoms with Gasteiger partial charge in [-0.15, -0.1) is 0 Å². The van der Waals surface area contributed by atoms with Crippen molar-refractivity contribution in [2.24, 2.45) is 0 Å². The fourth-order valence-electron chi connectivity index (χ4n) is 4.32. The number of hydrogen-bond acceptors (Lipinski definition) is 6. The number of hydrogen-bond donors (Lipinski definition) is 1. The van der Waals surface area contributed by atoms with Crippen LogP contribution in [-0.4, -0.2) is 48.7 Å². The third kappa shape index (κ3) is 7.69. The molecule has 2 amide bonds. The number of nitrogens with one attached hydrogen (secondary N) is 1. The molecule has 0 saturated carbocycles. The summed E-state index contributed by atoms with van der Waals surface area (Å²) in [6.07, 6.45) is 1.01. The quantitative estimate of drug-likeness (QED) is 0.228. The molecule has 0 saturated heterocycles. The second-order valence-corrected chi connectivity index (χ2v) is 11.7. The first-order valence-electron chi connectivity index (χ1n) is 13.5. The number of benzene rings is 3. The van der Waals surface area contributed by atoms with Crippen molar-refractivity contribution in [3.05, 3.63) is 100 Å². The van der Waals surface area contributed by atoms with E-state index in [2.05, 4.69) is 5.32 Å². The normalized spacial score (nSPS) is 12.7. The van der Waals surface area contributed by atoms with Gasteiger partial charge in [-0.2, -0.15) is 0 Å². The predicted molar refractivity (Wildman–Crippen MR) is 158 cm³/mol. The minimum Gasteiger partial charge on any atom is -0.352 e. The molecule has 0 aromatic heterocycles. The maximum Gasteiger partial charge on any atom is 0.269 e. The third-order valence-electron chi connectivity index (χ3n) is 6.95. The molecule has 1 N–H and O–H groups in total. The Morgan fingerprint density at radius 2 is 1.54 bits per heavy atom. The summed E-state index contributed by atoms with van der Waals surface area (Å²) in [7, 11) is -4.26. The first-order chi connectivity index (χ1) is 19.5. The van der Waals surface area contributed by atoms with E-state index in [1.165, 1.54) is 41.3 Å². The highest BCUT2D eigenvalue weighted by atomic mass is 32.2. The van der Waals surface area contributed by atoms with Gasteiger partial charge in [0.25, 0.3) is 15.7 Å². The minimum absolute atomic E-state index is 0.0434. The number of sulfonamides is 1. The Hall–Kier alpha value is -4.25. The molecule has 0 unspecified atom stereocenters. The summed E-state index contributed by atoms with van der Waals surface area (Å²) in [5.74, 6) is -0.908. The maximum absolute atomic E-state index is 14.1. The van der Waals surface area contributed by atoms with Gasteiger partial charge >= 0.3 is 0 Å². The Bertz CT molecular complexity index is 1460. The van der Waals surface area contributed by atoms with Crippen LogP contribution in [0.25, 0.3) is 0 Å². The van der Waals surface area contributed by atoms with E-state index in [0.717, 1.165) is 15.4 Å². The van der Waals surface area contributed by atoms with Crippen molar-refractivity contribution in [1.82, 2.24) is 10.2 Å². The predicted octanol–water partition coefficient (Wildman–Crippen LogP) is 4.82. The molecular formula is C30H36N4O6S. The monoisotopic (exact) mass is 580 g/mol. The number of rotatable bonds is 13. The fourth-order valence-corrected chi connectivity index (χ4v) is 5.76. The largest absolute Gasteiger partial charge is 0.352 e. The molecule has 0 bridgehead atoms. The van der Waals surface area contributed by atoms with Crippen LogP contribution < -0.4 is 9.62 Å². The van der Waals surface area contributed by atoms with Crippen LogP contribution in [0.3, 0.4) is 0 Å². The molecule has 41 heavy (non-hydrogen) atoms. The molecule has 3 aromatic carbocycles. The van der Waals surface area contributed by atoms with Crippen LogP contribution in [0.5, 0.6) is 0 Å². The Morgan fingerprint density at radius 1 is 0.927 bits per heavy atom. The molecule has 2 atom stereocenters. The highest BCUT2D eigenvalue weighted by molar-refractivity contribution is 7.92. The van der Waals surface area contributed by atoms with E-state index in [0.29, 0.717) is 12.8 Å². The first-order valence-corrected chi connectivity index (χ1v) is 14.9. The standard InChI is InChI=1S/C30H36N4O6S/c1-5-23(4)31-30(36)28(6-2)32(20-24-13-11-10-12-22(24)3)29(35)21-33(25-16-18-26(19-17-25)34(37)38)41(39,40)27-14-8-7-9-15-27/h7-19,23,28H,5-6,20-21H2,1-4H3,(H,31,36)/t23-,28-/m0/s1. The number of non-ortho nitro benzene ring substituents is 1. The number of anilines is 1. The summed E-state index contributed by atoms with van der Waals surface area (Å²) in [6.45, 7) is 7.00. The lowest BCUT2D eigenvalue weighted by Gasteiger charge is -2.34. The zero-order valence-corrected chi connectivity index (χ0v) is 24.5. The van der Waals surface area contributed by atoms with Gasteiger partial charge < -0.3 is 10.2 Å². The number of amides is 2. The number of nitrogens with zero attached hydrogens (tertiary/aromatic N) is 3. The van der Waals surface area contributed by atoms with Crippen molar-refractivity contribution in [2.45, 2.75) is 64.1 Å². The van der Waals surface area contributed by atoms with E-state index in [9.17, 15) is 28.1 Å². The maximum atomic E-state index is 14.1. The molecule has 0 heterocycles. The van der Waals surface area contributed by atoms with E-state index in [4.69, 9.17) is 0 Å². The van der Waals surface area contributed by atoms with Crippen LogP contribution >= 0.6 is 0 Å².